The van der Waals surface area contributed by atoms with Crippen molar-refractivity contribution < 1.29 is 14.3 Å². The smallest absolute Gasteiger partial charge is 0.346 e. The second kappa shape index (κ2) is 3.17. The molecule has 0 radical (unpaired) electrons. The van der Waals surface area contributed by atoms with Gasteiger partial charge in [0, 0.05) is 0 Å². The highest BCUT2D eigenvalue weighted by Crippen LogP contribution is 2.40. The molecule has 1 aromatic carbocycles. The van der Waals surface area contributed by atoms with E-state index in [1.807, 2.05) is 12.1 Å². The number of carbonyl (C=O) groups is 2. The van der Waals surface area contributed by atoms with Gasteiger partial charge in [0.2, 0.25) is 0 Å². The maximum atomic E-state index is 11.7. The van der Waals surface area contributed by atoms with Gasteiger partial charge in [0.15, 0.2) is 0 Å². The predicted molar refractivity (Wildman–Crippen MR) is 57.1 cm³/mol. The number of hydrogen-bond acceptors (Lipinski definition) is 3. The molecule has 82 valence electrons. The Morgan fingerprint density at radius 2 is 2.12 bits per heavy atom. The maximum Gasteiger partial charge on any atom is 0.346 e. The highest BCUT2D eigenvalue weighted by Gasteiger charge is 2.39. The first-order chi connectivity index (χ1) is 7.66. The van der Waals surface area contributed by atoms with Crippen LogP contribution < -0.4 is 0 Å². The van der Waals surface area contributed by atoms with Crippen LogP contribution in [0.25, 0.3) is 0 Å². The van der Waals surface area contributed by atoms with Gasteiger partial charge in [0.1, 0.15) is 0 Å². The summed E-state index contributed by atoms with van der Waals surface area (Å²) >= 11 is 0. The van der Waals surface area contributed by atoms with E-state index < -0.39 is 5.97 Å². The van der Waals surface area contributed by atoms with Crippen LogP contribution in [0.3, 0.4) is 0 Å². The third-order valence-corrected chi connectivity index (χ3v) is 3.45. The monoisotopic (exact) mass is 216 g/mol. The summed E-state index contributed by atoms with van der Waals surface area (Å²) in [6, 6.07) is 5.62. The maximum absolute atomic E-state index is 11.7. The van der Waals surface area contributed by atoms with E-state index in [2.05, 4.69) is 6.92 Å². The third kappa shape index (κ3) is 1.21. The normalized spacial score (nSPS) is 27.3. The van der Waals surface area contributed by atoms with Crippen LogP contribution in [0.4, 0.5) is 0 Å². The Morgan fingerprint density at radius 1 is 1.31 bits per heavy atom. The van der Waals surface area contributed by atoms with Crippen molar-refractivity contribution in [3.05, 3.63) is 34.9 Å². The third-order valence-electron chi connectivity index (χ3n) is 3.45. The first-order valence-corrected chi connectivity index (χ1v) is 5.54. The summed E-state index contributed by atoms with van der Waals surface area (Å²) in [4.78, 5) is 23.3. The summed E-state index contributed by atoms with van der Waals surface area (Å²) in [5.74, 6) is -0.634. The van der Waals surface area contributed by atoms with E-state index in [1.54, 1.807) is 6.07 Å². The molecule has 1 aliphatic carbocycles. The molecule has 0 amide bonds. The number of hydrogen-bond donors (Lipinski definition) is 0. The van der Waals surface area contributed by atoms with Gasteiger partial charge in [-0.2, -0.15) is 0 Å². The minimum absolute atomic E-state index is 0.229. The number of cyclic esters (lactones) is 2. The first kappa shape index (κ1) is 9.58. The Bertz CT molecular complexity index is 490. The van der Waals surface area contributed by atoms with Crippen molar-refractivity contribution in [1.29, 1.82) is 0 Å². The Balaban J connectivity index is 2.24. The van der Waals surface area contributed by atoms with E-state index >= 15 is 0 Å². The Kier molecular flexibility index (Phi) is 1.90. The van der Waals surface area contributed by atoms with Crippen LogP contribution in [-0.4, -0.2) is 11.9 Å². The molecule has 3 heteroatoms. The van der Waals surface area contributed by atoms with E-state index in [-0.39, 0.29) is 11.9 Å². The molecule has 2 aliphatic rings. The molecule has 0 saturated heterocycles. The van der Waals surface area contributed by atoms with Crippen molar-refractivity contribution in [3.63, 3.8) is 0 Å². The quantitative estimate of drug-likeness (QED) is 0.492. The van der Waals surface area contributed by atoms with E-state index in [4.69, 9.17) is 4.74 Å². The minimum atomic E-state index is -0.493. The number of benzene rings is 1. The molecular weight excluding hydrogens is 204 g/mol. The molecule has 16 heavy (non-hydrogen) atoms. The number of rotatable bonds is 0. The minimum Gasteiger partial charge on any atom is -0.389 e. The second-order valence-electron chi connectivity index (χ2n) is 4.68. The van der Waals surface area contributed by atoms with E-state index in [0.29, 0.717) is 11.5 Å². The lowest BCUT2D eigenvalue weighted by Crippen LogP contribution is -2.33. The average Bonchev–Trinajstić information content (AvgIpc) is 2.25. The zero-order valence-corrected chi connectivity index (χ0v) is 9.03. The lowest BCUT2D eigenvalue weighted by molar-refractivity contribution is -0.141. The Morgan fingerprint density at radius 3 is 2.94 bits per heavy atom. The molecule has 1 heterocycles. The van der Waals surface area contributed by atoms with Crippen LogP contribution in [0.5, 0.6) is 0 Å². The standard InChI is InChI=1S/C13H12O3/c1-7-5-8-3-2-4-9-11(8)10(6-7)13(15)16-12(9)14/h2-4,7,10H,5-6H2,1H3. The lowest BCUT2D eigenvalue weighted by atomic mass is 9.75. The molecule has 0 saturated carbocycles. The zero-order chi connectivity index (χ0) is 11.3. The first-order valence-electron chi connectivity index (χ1n) is 5.54. The molecule has 0 aromatic heterocycles. The van der Waals surface area contributed by atoms with E-state index in [0.717, 1.165) is 24.0 Å². The topological polar surface area (TPSA) is 43.4 Å². The van der Waals surface area contributed by atoms with Crippen molar-refractivity contribution in [1.82, 2.24) is 0 Å². The summed E-state index contributed by atoms with van der Waals surface area (Å²) in [6.45, 7) is 2.12. The molecule has 0 fully saturated rings. The summed E-state index contributed by atoms with van der Waals surface area (Å²) in [5.41, 5.74) is 2.63. The fraction of sp³-hybridized carbons (Fsp3) is 0.385. The largest absolute Gasteiger partial charge is 0.389 e. The van der Waals surface area contributed by atoms with Gasteiger partial charge in [-0.3, -0.25) is 4.79 Å². The van der Waals surface area contributed by atoms with Crippen molar-refractivity contribution in [2.24, 2.45) is 5.92 Å². The highest BCUT2D eigenvalue weighted by molar-refractivity contribution is 6.04. The van der Waals surface area contributed by atoms with Gasteiger partial charge in [-0.1, -0.05) is 19.1 Å². The number of esters is 2. The fourth-order valence-electron chi connectivity index (χ4n) is 2.79. The lowest BCUT2D eigenvalue weighted by Gasteiger charge is -2.32. The summed E-state index contributed by atoms with van der Waals surface area (Å²) in [5, 5.41) is 0. The van der Waals surface area contributed by atoms with E-state index in [9.17, 15) is 9.59 Å². The van der Waals surface area contributed by atoms with Gasteiger partial charge < -0.3 is 4.74 Å². The molecule has 3 rings (SSSR count). The van der Waals surface area contributed by atoms with E-state index in [1.165, 1.54) is 0 Å². The molecule has 0 bridgehead atoms. The SMILES string of the molecule is CC1Cc2cccc3c2C(C1)C(=O)OC3=O. The van der Waals surface area contributed by atoms with Crippen LogP contribution in [0.2, 0.25) is 0 Å². The predicted octanol–water partition coefficient (Wildman–Crippen LogP) is 2.05. The molecule has 0 spiro atoms. The number of carbonyl (C=O) groups excluding carboxylic acids is 2. The summed E-state index contributed by atoms with van der Waals surface area (Å²) in [6.07, 6.45) is 1.73. The Hall–Kier alpha value is -1.64. The molecule has 3 nitrogen and oxygen atoms in total. The van der Waals surface area contributed by atoms with Gasteiger partial charge in [0.25, 0.3) is 0 Å². The van der Waals surface area contributed by atoms with Crippen molar-refractivity contribution in [3.8, 4) is 0 Å². The van der Waals surface area contributed by atoms with Gasteiger partial charge in [-0.25, -0.2) is 4.79 Å². The van der Waals surface area contributed by atoms with Crippen LogP contribution >= 0.6 is 0 Å². The second-order valence-corrected chi connectivity index (χ2v) is 4.68. The van der Waals surface area contributed by atoms with Crippen molar-refractivity contribution in [2.75, 3.05) is 0 Å². The number of ether oxygens (including phenoxy) is 1. The van der Waals surface area contributed by atoms with Crippen LogP contribution in [-0.2, 0) is 16.0 Å². The van der Waals surface area contributed by atoms with Gasteiger partial charge in [0.05, 0.1) is 11.5 Å². The summed E-state index contributed by atoms with van der Waals surface area (Å²) < 4.78 is 4.78. The Labute approximate surface area is 93.4 Å². The fourth-order valence-corrected chi connectivity index (χ4v) is 2.79. The van der Waals surface area contributed by atoms with Crippen LogP contribution in [0.1, 0.15) is 40.7 Å². The molecule has 0 N–H and O–H groups in total. The molecule has 1 aliphatic heterocycles. The van der Waals surface area contributed by atoms with Gasteiger partial charge in [-0.05, 0) is 36.0 Å². The summed E-state index contributed by atoms with van der Waals surface area (Å²) in [7, 11) is 0. The van der Waals surface area contributed by atoms with Crippen LogP contribution in [0.15, 0.2) is 18.2 Å². The molecule has 2 atom stereocenters. The molecule has 1 aromatic rings. The van der Waals surface area contributed by atoms with Gasteiger partial charge >= 0.3 is 11.9 Å². The van der Waals surface area contributed by atoms with Crippen molar-refractivity contribution in [2.45, 2.75) is 25.7 Å². The van der Waals surface area contributed by atoms with Crippen LogP contribution in [0, 0.1) is 5.92 Å². The molecular formula is C13H12O3. The van der Waals surface area contributed by atoms with Crippen molar-refractivity contribution >= 4 is 11.9 Å². The molecule has 2 unspecified atom stereocenters. The zero-order valence-electron chi connectivity index (χ0n) is 9.03. The highest BCUT2D eigenvalue weighted by atomic mass is 16.6. The van der Waals surface area contributed by atoms with Gasteiger partial charge in [-0.15, -0.1) is 0 Å². The average molecular weight is 216 g/mol.